The highest BCUT2D eigenvalue weighted by Crippen LogP contribution is 2.20. The van der Waals surface area contributed by atoms with Crippen LogP contribution in [0.2, 0.25) is 0 Å². The largest absolute Gasteiger partial charge is 0.496 e. The Hall–Kier alpha value is -1.55. The van der Waals surface area contributed by atoms with Crippen LogP contribution in [0, 0.1) is 6.92 Å². The molecule has 1 aromatic carbocycles. The Morgan fingerprint density at radius 3 is 2.52 bits per heavy atom. The number of hydrogen-bond donors (Lipinski definition) is 0. The van der Waals surface area contributed by atoms with Crippen molar-refractivity contribution in [2.24, 2.45) is 0 Å². The fourth-order valence-corrected chi connectivity index (χ4v) is 3.07. The van der Waals surface area contributed by atoms with E-state index in [1.165, 1.54) is 32.2 Å². The van der Waals surface area contributed by atoms with E-state index in [-0.39, 0.29) is 5.91 Å². The molecule has 0 unspecified atom stereocenters. The van der Waals surface area contributed by atoms with Crippen LogP contribution in [-0.4, -0.2) is 55.5 Å². The van der Waals surface area contributed by atoms with E-state index < -0.39 is 0 Å². The van der Waals surface area contributed by atoms with Gasteiger partial charge in [0.15, 0.2) is 0 Å². The summed E-state index contributed by atoms with van der Waals surface area (Å²) in [7, 11) is 1.65. The predicted molar refractivity (Wildman–Crippen MR) is 94.2 cm³/mol. The van der Waals surface area contributed by atoms with Crippen LogP contribution in [0.25, 0.3) is 0 Å². The first-order valence-electron chi connectivity index (χ1n) is 8.82. The number of carbonyl (C=O) groups excluding carboxylic acids is 1. The molecule has 4 heteroatoms. The van der Waals surface area contributed by atoms with Gasteiger partial charge < -0.3 is 9.64 Å². The Morgan fingerprint density at radius 1 is 1.13 bits per heavy atom. The van der Waals surface area contributed by atoms with Crippen molar-refractivity contribution in [1.82, 2.24) is 9.80 Å². The highest BCUT2D eigenvalue weighted by atomic mass is 16.5. The molecule has 0 atom stereocenters. The number of rotatable bonds is 7. The normalized spacial score (nSPS) is 15.7. The average Bonchev–Trinajstić information content (AvgIpc) is 2.59. The number of hydrogen-bond acceptors (Lipinski definition) is 3. The van der Waals surface area contributed by atoms with E-state index in [2.05, 4.69) is 11.8 Å². The van der Waals surface area contributed by atoms with Gasteiger partial charge in [-0.15, -0.1) is 0 Å². The Bertz CT molecular complexity index is 508. The topological polar surface area (TPSA) is 32.8 Å². The van der Waals surface area contributed by atoms with E-state index in [1.807, 2.05) is 30.0 Å². The van der Waals surface area contributed by atoms with Crippen LogP contribution in [0.4, 0.5) is 0 Å². The molecule has 23 heavy (non-hydrogen) atoms. The second kappa shape index (κ2) is 8.92. The molecule has 0 aliphatic carbocycles. The van der Waals surface area contributed by atoms with Gasteiger partial charge in [-0.1, -0.05) is 32.3 Å². The molecule has 0 aromatic heterocycles. The second-order valence-corrected chi connectivity index (χ2v) is 6.38. The zero-order valence-electron chi connectivity index (χ0n) is 14.8. The molecule has 1 aliphatic heterocycles. The number of ether oxygens (including phenoxy) is 1. The summed E-state index contributed by atoms with van der Waals surface area (Å²) in [4.78, 5) is 17.1. The summed E-state index contributed by atoms with van der Waals surface area (Å²) in [5.74, 6) is 0.902. The molecule has 0 saturated carbocycles. The molecule has 0 bridgehead atoms. The SMILES string of the molecule is CCCCCCN1CCN(C(=O)c2ccc(C)c(OC)c2)CC1. The summed E-state index contributed by atoms with van der Waals surface area (Å²) < 4.78 is 5.33. The molecule has 0 N–H and O–H groups in total. The third-order valence-corrected chi connectivity index (χ3v) is 4.64. The molecule has 1 saturated heterocycles. The lowest BCUT2D eigenvalue weighted by Gasteiger charge is -2.34. The monoisotopic (exact) mass is 318 g/mol. The minimum absolute atomic E-state index is 0.119. The minimum atomic E-state index is 0.119. The van der Waals surface area contributed by atoms with Crippen molar-refractivity contribution in [1.29, 1.82) is 0 Å². The van der Waals surface area contributed by atoms with E-state index in [0.717, 1.165) is 43.1 Å². The summed E-state index contributed by atoms with van der Waals surface area (Å²) in [5.41, 5.74) is 1.78. The Balaban J connectivity index is 1.84. The van der Waals surface area contributed by atoms with Crippen molar-refractivity contribution in [2.45, 2.75) is 39.5 Å². The summed E-state index contributed by atoms with van der Waals surface area (Å²) in [6.07, 6.45) is 5.20. The summed E-state index contributed by atoms with van der Waals surface area (Å²) >= 11 is 0. The first kappa shape index (κ1) is 17.8. The first-order chi connectivity index (χ1) is 11.2. The third kappa shape index (κ3) is 4.96. The zero-order chi connectivity index (χ0) is 16.7. The van der Waals surface area contributed by atoms with Gasteiger partial charge >= 0.3 is 0 Å². The highest BCUT2D eigenvalue weighted by molar-refractivity contribution is 5.94. The molecule has 1 fully saturated rings. The van der Waals surface area contributed by atoms with Crippen LogP contribution in [0.1, 0.15) is 48.5 Å². The maximum atomic E-state index is 12.6. The molecule has 1 amide bonds. The van der Waals surface area contributed by atoms with Gasteiger partial charge in [-0.2, -0.15) is 0 Å². The third-order valence-electron chi connectivity index (χ3n) is 4.64. The number of carbonyl (C=O) groups is 1. The van der Waals surface area contributed by atoms with Crippen molar-refractivity contribution in [3.8, 4) is 5.75 Å². The average molecular weight is 318 g/mol. The maximum Gasteiger partial charge on any atom is 0.254 e. The van der Waals surface area contributed by atoms with Crippen LogP contribution >= 0.6 is 0 Å². The van der Waals surface area contributed by atoms with Crippen molar-refractivity contribution >= 4 is 5.91 Å². The van der Waals surface area contributed by atoms with Crippen molar-refractivity contribution in [3.63, 3.8) is 0 Å². The van der Waals surface area contributed by atoms with Crippen molar-refractivity contribution < 1.29 is 9.53 Å². The number of amides is 1. The summed E-state index contributed by atoms with van der Waals surface area (Å²) in [6, 6.07) is 5.71. The molecule has 1 aliphatic rings. The van der Waals surface area contributed by atoms with Gasteiger partial charge in [-0.3, -0.25) is 9.69 Å². The molecule has 1 aromatic rings. The molecule has 2 rings (SSSR count). The number of piperazine rings is 1. The van der Waals surface area contributed by atoms with Gasteiger partial charge in [0.05, 0.1) is 7.11 Å². The zero-order valence-corrected chi connectivity index (χ0v) is 14.8. The van der Waals surface area contributed by atoms with E-state index in [1.54, 1.807) is 7.11 Å². The lowest BCUT2D eigenvalue weighted by molar-refractivity contribution is 0.0635. The standard InChI is InChI=1S/C19H30N2O2/c1-4-5-6-7-10-20-11-13-21(14-12-20)19(22)17-9-8-16(2)18(15-17)23-3/h8-9,15H,4-7,10-14H2,1-3H3. The van der Waals surface area contributed by atoms with Gasteiger partial charge in [-0.05, 0) is 37.6 Å². The van der Waals surface area contributed by atoms with Crippen LogP contribution in [0.15, 0.2) is 18.2 Å². The molecular formula is C19H30N2O2. The lowest BCUT2D eigenvalue weighted by Crippen LogP contribution is -2.48. The van der Waals surface area contributed by atoms with Crippen molar-refractivity contribution in [2.75, 3.05) is 39.8 Å². The number of methoxy groups -OCH3 is 1. The lowest BCUT2D eigenvalue weighted by atomic mass is 10.1. The second-order valence-electron chi connectivity index (χ2n) is 6.38. The number of benzene rings is 1. The first-order valence-corrected chi connectivity index (χ1v) is 8.82. The molecule has 0 radical (unpaired) electrons. The Labute approximate surface area is 140 Å². The van der Waals surface area contributed by atoms with Crippen LogP contribution < -0.4 is 4.74 Å². The van der Waals surface area contributed by atoms with Crippen LogP contribution in [-0.2, 0) is 0 Å². The smallest absolute Gasteiger partial charge is 0.254 e. The molecular weight excluding hydrogens is 288 g/mol. The quantitative estimate of drug-likeness (QED) is 0.723. The fraction of sp³-hybridized carbons (Fsp3) is 0.632. The number of unbranched alkanes of at least 4 members (excludes halogenated alkanes) is 3. The van der Waals surface area contributed by atoms with Crippen LogP contribution in [0.3, 0.4) is 0 Å². The Kier molecular flexibility index (Phi) is 6.90. The van der Waals surface area contributed by atoms with Gasteiger partial charge in [-0.25, -0.2) is 0 Å². The molecule has 0 spiro atoms. The summed E-state index contributed by atoms with van der Waals surface area (Å²) in [6.45, 7) is 9.02. The molecule has 1 heterocycles. The van der Waals surface area contributed by atoms with Gasteiger partial charge in [0.25, 0.3) is 5.91 Å². The van der Waals surface area contributed by atoms with Crippen LogP contribution in [0.5, 0.6) is 5.75 Å². The molecule has 128 valence electrons. The van der Waals surface area contributed by atoms with E-state index in [9.17, 15) is 4.79 Å². The van der Waals surface area contributed by atoms with E-state index in [0.29, 0.717) is 0 Å². The minimum Gasteiger partial charge on any atom is -0.496 e. The van der Waals surface area contributed by atoms with Gasteiger partial charge in [0.2, 0.25) is 0 Å². The van der Waals surface area contributed by atoms with Gasteiger partial charge in [0, 0.05) is 31.7 Å². The van der Waals surface area contributed by atoms with E-state index >= 15 is 0 Å². The van der Waals surface area contributed by atoms with E-state index in [4.69, 9.17) is 4.74 Å². The Morgan fingerprint density at radius 2 is 1.87 bits per heavy atom. The molecule has 4 nitrogen and oxygen atoms in total. The maximum absolute atomic E-state index is 12.6. The number of aryl methyl sites for hydroxylation is 1. The fourth-order valence-electron chi connectivity index (χ4n) is 3.07. The summed E-state index contributed by atoms with van der Waals surface area (Å²) in [5, 5.41) is 0. The number of nitrogens with zero attached hydrogens (tertiary/aromatic N) is 2. The predicted octanol–water partition coefficient (Wildman–Crippen LogP) is 3.34. The van der Waals surface area contributed by atoms with Crippen molar-refractivity contribution in [3.05, 3.63) is 29.3 Å². The highest BCUT2D eigenvalue weighted by Gasteiger charge is 2.22. The van der Waals surface area contributed by atoms with Gasteiger partial charge in [0.1, 0.15) is 5.75 Å².